The Balaban J connectivity index is 1.98. The van der Waals surface area contributed by atoms with E-state index in [9.17, 15) is 4.79 Å². The van der Waals surface area contributed by atoms with Crippen LogP contribution >= 0.6 is 38.5 Å². The second-order valence-corrected chi connectivity index (χ2v) is 6.02. The van der Waals surface area contributed by atoms with E-state index in [1.54, 1.807) is 0 Å². The lowest BCUT2D eigenvalue weighted by Crippen LogP contribution is -2.14. The molecule has 0 heterocycles. The topological polar surface area (TPSA) is 29.1 Å². The summed E-state index contributed by atoms with van der Waals surface area (Å²) in [6.45, 7) is 0. The Kier molecular flexibility index (Phi) is 4.77. The zero-order chi connectivity index (χ0) is 13.0. The smallest absolute Gasteiger partial charge is 0.228 e. The summed E-state index contributed by atoms with van der Waals surface area (Å²) in [4.78, 5) is 11.8. The number of halogens is 2. The Bertz CT molecular complexity index is 554. The molecular formula is C14H11BrINO. The van der Waals surface area contributed by atoms with Crippen LogP contribution in [-0.4, -0.2) is 5.91 Å². The minimum Gasteiger partial charge on any atom is -0.326 e. The van der Waals surface area contributed by atoms with Crippen LogP contribution in [0.15, 0.2) is 53.0 Å². The number of carbonyl (C=O) groups excluding carboxylic acids is 1. The zero-order valence-electron chi connectivity index (χ0n) is 9.49. The molecule has 0 bridgehead atoms. The number of hydrogen-bond donors (Lipinski definition) is 1. The summed E-state index contributed by atoms with van der Waals surface area (Å²) in [6, 6.07) is 15.5. The fourth-order valence-electron chi connectivity index (χ4n) is 1.57. The molecule has 2 rings (SSSR count). The first-order chi connectivity index (χ1) is 8.63. The van der Waals surface area contributed by atoms with Crippen molar-refractivity contribution >= 4 is 50.1 Å². The molecule has 1 N–H and O–H groups in total. The van der Waals surface area contributed by atoms with E-state index in [0.29, 0.717) is 6.42 Å². The fourth-order valence-corrected chi connectivity index (χ4v) is 2.38. The highest BCUT2D eigenvalue weighted by Crippen LogP contribution is 2.14. The molecule has 0 atom stereocenters. The van der Waals surface area contributed by atoms with Crippen molar-refractivity contribution < 1.29 is 4.79 Å². The average molecular weight is 416 g/mol. The zero-order valence-corrected chi connectivity index (χ0v) is 13.2. The van der Waals surface area contributed by atoms with Crippen LogP contribution in [-0.2, 0) is 11.2 Å². The predicted molar refractivity (Wildman–Crippen MR) is 85.6 cm³/mol. The Morgan fingerprint density at radius 1 is 1.17 bits per heavy atom. The van der Waals surface area contributed by atoms with Gasteiger partial charge in [0.15, 0.2) is 0 Å². The quantitative estimate of drug-likeness (QED) is 0.746. The number of amides is 1. The number of carbonyl (C=O) groups is 1. The van der Waals surface area contributed by atoms with Gasteiger partial charge in [0.05, 0.1) is 6.42 Å². The van der Waals surface area contributed by atoms with Gasteiger partial charge in [0, 0.05) is 13.7 Å². The average Bonchev–Trinajstić information content (AvgIpc) is 2.32. The van der Waals surface area contributed by atoms with Crippen molar-refractivity contribution in [3.05, 3.63) is 62.1 Å². The van der Waals surface area contributed by atoms with Crippen LogP contribution in [0.2, 0.25) is 0 Å². The van der Waals surface area contributed by atoms with Gasteiger partial charge in [-0.25, -0.2) is 0 Å². The lowest BCUT2D eigenvalue weighted by Gasteiger charge is -2.05. The van der Waals surface area contributed by atoms with Crippen LogP contribution in [0.3, 0.4) is 0 Å². The van der Waals surface area contributed by atoms with E-state index < -0.39 is 0 Å². The molecule has 0 saturated carbocycles. The van der Waals surface area contributed by atoms with Crippen molar-refractivity contribution in [1.82, 2.24) is 0 Å². The van der Waals surface area contributed by atoms with Gasteiger partial charge in [-0.3, -0.25) is 4.79 Å². The number of anilines is 1. The van der Waals surface area contributed by atoms with E-state index in [4.69, 9.17) is 0 Å². The van der Waals surface area contributed by atoms with Gasteiger partial charge < -0.3 is 5.32 Å². The molecule has 2 aromatic carbocycles. The molecule has 0 aliphatic heterocycles. The van der Waals surface area contributed by atoms with Gasteiger partial charge in [0.2, 0.25) is 5.91 Å². The van der Waals surface area contributed by atoms with Crippen LogP contribution in [0.1, 0.15) is 5.56 Å². The standard InChI is InChI=1S/C14H11BrINO/c15-11-3-1-2-10(8-11)9-14(18)17-13-6-4-12(16)5-7-13/h1-8H,9H2,(H,17,18). The third kappa shape index (κ3) is 4.10. The van der Waals surface area contributed by atoms with Crippen LogP contribution < -0.4 is 5.32 Å². The van der Waals surface area contributed by atoms with Gasteiger partial charge in [-0.05, 0) is 64.6 Å². The summed E-state index contributed by atoms with van der Waals surface area (Å²) < 4.78 is 2.14. The molecule has 4 heteroatoms. The second-order valence-electron chi connectivity index (χ2n) is 3.86. The van der Waals surface area contributed by atoms with E-state index in [-0.39, 0.29) is 5.91 Å². The van der Waals surface area contributed by atoms with Gasteiger partial charge in [-0.1, -0.05) is 28.1 Å². The number of rotatable bonds is 3. The summed E-state index contributed by atoms with van der Waals surface area (Å²) in [5.74, 6) is -0.00527. The molecule has 0 aromatic heterocycles. The first-order valence-electron chi connectivity index (χ1n) is 5.43. The van der Waals surface area contributed by atoms with Crippen LogP contribution in [0.4, 0.5) is 5.69 Å². The minimum atomic E-state index is -0.00527. The largest absolute Gasteiger partial charge is 0.326 e. The summed E-state index contributed by atoms with van der Waals surface area (Å²) in [5.41, 5.74) is 1.82. The van der Waals surface area contributed by atoms with Crippen LogP contribution in [0.25, 0.3) is 0 Å². The van der Waals surface area contributed by atoms with Crippen molar-refractivity contribution in [2.24, 2.45) is 0 Å². The van der Waals surface area contributed by atoms with Crippen molar-refractivity contribution in [1.29, 1.82) is 0 Å². The van der Waals surface area contributed by atoms with Crippen molar-refractivity contribution in [3.8, 4) is 0 Å². The highest BCUT2D eigenvalue weighted by Gasteiger charge is 2.04. The first kappa shape index (κ1) is 13.5. The number of nitrogens with one attached hydrogen (secondary N) is 1. The molecule has 2 nitrogen and oxygen atoms in total. The fraction of sp³-hybridized carbons (Fsp3) is 0.0714. The van der Waals surface area contributed by atoms with Gasteiger partial charge in [-0.2, -0.15) is 0 Å². The van der Waals surface area contributed by atoms with Crippen molar-refractivity contribution in [2.75, 3.05) is 5.32 Å². The maximum atomic E-state index is 11.8. The highest BCUT2D eigenvalue weighted by molar-refractivity contribution is 14.1. The molecule has 0 radical (unpaired) electrons. The maximum absolute atomic E-state index is 11.8. The maximum Gasteiger partial charge on any atom is 0.228 e. The van der Waals surface area contributed by atoms with Gasteiger partial charge in [0.1, 0.15) is 0 Å². The molecule has 0 spiro atoms. The predicted octanol–water partition coefficient (Wildman–Crippen LogP) is 4.23. The van der Waals surface area contributed by atoms with Crippen LogP contribution in [0, 0.1) is 3.57 Å². The molecule has 92 valence electrons. The summed E-state index contributed by atoms with van der Waals surface area (Å²) in [7, 11) is 0. The van der Waals surface area contributed by atoms with E-state index in [2.05, 4.69) is 43.8 Å². The van der Waals surface area contributed by atoms with E-state index in [1.807, 2.05) is 48.5 Å². The van der Waals surface area contributed by atoms with E-state index in [0.717, 1.165) is 19.3 Å². The first-order valence-corrected chi connectivity index (χ1v) is 7.30. The molecule has 2 aromatic rings. The normalized spacial score (nSPS) is 10.1. The van der Waals surface area contributed by atoms with Crippen molar-refractivity contribution in [3.63, 3.8) is 0 Å². The minimum absolute atomic E-state index is 0.00527. The van der Waals surface area contributed by atoms with Crippen LogP contribution in [0.5, 0.6) is 0 Å². The molecule has 18 heavy (non-hydrogen) atoms. The molecular weight excluding hydrogens is 405 g/mol. The number of hydrogen-bond acceptors (Lipinski definition) is 1. The molecule has 0 aliphatic carbocycles. The lowest BCUT2D eigenvalue weighted by molar-refractivity contribution is -0.115. The number of benzene rings is 2. The SMILES string of the molecule is O=C(Cc1cccc(Br)c1)Nc1ccc(I)cc1. The molecule has 1 amide bonds. The third-order valence-electron chi connectivity index (χ3n) is 2.38. The summed E-state index contributed by atoms with van der Waals surface area (Å²) in [5, 5.41) is 2.88. The molecule has 0 unspecified atom stereocenters. The lowest BCUT2D eigenvalue weighted by atomic mass is 10.1. The highest BCUT2D eigenvalue weighted by atomic mass is 127. The second kappa shape index (κ2) is 6.33. The van der Waals surface area contributed by atoms with Gasteiger partial charge >= 0.3 is 0 Å². The Labute approximate surface area is 128 Å². The van der Waals surface area contributed by atoms with E-state index in [1.165, 1.54) is 0 Å². The monoisotopic (exact) mass is 415 g/mol. The Morgan fingerprint density at radius 2 is 1.89 bits per heavy atom. The molecule has 0 fully saturated rings. The van der Waals surface area contributed by atoms with Gasteiger partial charge in [-0.15, -0.1) is 0 Å². The Hall–Kier alpha value is -0.880. The summed E-state index contributed by atoms with van der Waals surface area (Å²) in [6.07, 6.45) is 0.380. The molecule has 0 aliphatic rings. The third-order valence-corrected chi connectivity index (χ3v) is 3.59. The Morgan fingerprint density at radius 3 is 2.56 bits per heavy atom. The van der Waals surface area contributed by atoms with Crippen molar-refractivity contribution in [2.45, 2.75) is 6.42 Å². The summed E-state index contributed by atoms with van der Waals surface area (Å²) >= 11 is 5.63. The van der Waals surface area contributed by atoms with Gasteiger partial charge in [0.25, 0.3) is 0 Å². The molecule has 0 saturated heterocycles. The van der Waals surface area contributed by atoms with E-state index >= 15 is 0 Å².